The van der Waals surface area contributed by atoms with Crippen LogP contribution in [0.1, 0.15) is 11.1 Å². The van der Waals surface area contributed by atoms with Crippen molar-refractivity contribution in [2.24, 2.45) is 5.92 Å². The van der Waals surface area contributed by atoms with Gasteiger partial charge in [-0.15, -0.1) is 12.4 Å². The predicted molar refractivity (Wildman–Crippen MR) is 84.1 cm³/mol. The number of rotatable bonds is 5. The number of aliphatic hydroxyl groups is 1. The Morgan fingerprint density at radius 2 is 2.24 bits per heavy atom. The lowest BCUT2D eigenvalue weighted by atomic mass is 10.1. The van der Waals surface area contributed by atoms with Gasteiger partial charge in [-0.2, -0.15) is 0 Å². The Kier molecular flexibility index (Phi) is 6.95. The van der Waals surface area contributed by atoms with E-state index in [1.165, 1.54) is 0 Å². The SMILES string of the molecule is COc1ccc(C)cc1CC(=O)NCC1CNCC1O.Cl. The lowest BCUT2D eigenvalue weighted by molar-refractivity contribution is -0.120. The summed E-state index contributed by atoms with van der Waals surface area (Å²) in [5, 5.41) is 15.7. The van der Waals surface area contributed by atoms with Crippen LogP contribution >= 0.6 is 12.4 Å². The minimum atomic E-state index is -0.371. The van der Waals surface area contributed by atoms with Gasteiger partial charge in [0.05, 0.1) is 19.6 Å². The Balaban J connectivity index is 0.00000220. The van der Waals surface area contributed by atoms with E-state index < -0.39 is 0 Å². The van der Waals surface area contributed by atoms with Crippen molar-refractivity contribution in [2.75, 3.05) is 26.7 Å². The smallest absolute Gasteiger partial charge is 0.224 e. The summed E-state index contributed by atoms with van der Waals surface area (Å²) in [5.41, 5.74) is 1.99. The van der Waals surface area contributed by atoms with Crippen molar-refractivity contribution in [3.8, 4) is 5.75 Å². The van der Waals surface area contributed by atoms with Crippen molar-refractivity contribution < 1.29 is 14.6 Å². The molecule has 5 nitrogen and oxygen atoms in total. The normalized spacial score (nSPS) is 20.7. The number of hydrogen-bond acceptors (Lipinski definition) is 4. The van der Waals surface area contributed by atoms with E-state index in [9.17, 15) is 9.90 Å². The minimum absolute atomic E-state index is 0. The predicted octanol–water partition coefficient (Wildman–Crippen LogP) is 0.664. The summed E-state index contributed by atoms with van der Waals surface area (Å²) >= 11 is 0. The van der Waals surface area contributed by atoms with Crippen LogP contribution < -0.4 is 15.4 Å². The fourth-order valence-corrected chi connectivity index (χ4v) is 2.45. The molecule has 0 radical (unpaired) electrons. The molecule has 1 heterocycles. The summed E-state index contributed by atoms with van der Waals surface area (Å²) < 4.78 is 5.27. The number of benzene rings is 1. The number of ether oxygens (including phenoxy) is 1. The van der Waals surface area contributed by atoms with Gasteiger partial charge in [0.25, 0.3) is 0 Å². The number of aliphatic hydroxyl groups excluding tert-OH is 1. The van der Waals surface area contributed by atoms with Gasteiger partial charge >= 0.3 is 0 Å². The second-order valence-corrected chi connectivity index (χ2v) is 5.28. The highest BCUT2D eigenvalue weighted by Crippen LogP contribution is 2.20. The topological polar surface area (TPSA) is 70.6 Å². The van der Waals surface area contributed by atoms with Gasteiger partial charge in [0.1, 0.15) is 5.75 Å². The first-order valence-corrected chi connectivity index (χ1v) is 6.89. The fraction of sp³-hybridized carbons (Fsp3) is 0.533. The molecule has 0 aromatic heterocycles. The highest BCUT2D eigenvalue weighted by atomic mass is 35.5. The van der Waals surface area contributed by atoms with Gasteiger partial charge < -0.3 is 20.5 Å². The van der Waals surface area contributed by atoms with Crippen LogP contribution in [0.25, 0.3) is 0 Å². The van der Waals surface area contributed by atoms with Crippen molar-refractivity contribution in [2.45, 2.75) is 19.4 Å². The second-order valence-electron chi connectivity index (χ2n) is 5.28. The molecule has 1 aromatic rings. The average Bonchev–Trinajstić information content (AvgIpc) is 2.82. The fourth-order valence-electron chi connectivity index (χ4n) is 2.45. The number of nitrogens with one attached hydrogen (secondary N) is 2. The van der Waals surface area contributed by atoms with E-state index >= 15 is 0 Å². The summed E-state index contributed by atoms with van der Waals surface area (Å²) in [6, 6.07) is 5.80. The summed E-state index contributed by atoms with van der Waals surface area (Å²) in [6.45, 7) is 3.84. The zero-order chi connectivity index (χ0) is 14.5. The van der Waals surface area contributed by atoms with E-state index in [4.69, 9.17) is 4.74 Å². The molecule has 118 valence electrons. The lowest BCUT2D eigenvalue weighted by Gasteiger charge is -2.15. The number of carbonyl (C=O) groups is 1. The molecule has 0 spiro atoms. The molecule has 2 rings (SSSR count). The molecule has 1 aromatic carbocycles. The molecule has 2 unspecified atom stereocenters. The Labute approximate surface area is 131 Å². The number of amides is 1. The first-order valence-electron chi connectivity index (χ1n) is 6.89. The van der Waals surface area contributed by atoms with Crippen molar-refractivity contribution in [1.29, 1.82) is 0 Å². The molecule has 6 heteroatoms. The molecule has 1 aliphatic heterocycles. The molecule has 1 aliphatic rings. The Bertz CT molecular complexity index is 482. The highest BCUT2D eigenvalue weighted by molar-refractivity contribution is 5.85. The number of methoxy groups -OCH3 is 1. The number of halogens is 1. The van der Waals surface area contributed by atoms with Crippen LogP contribution in [0.2, 0.25) is 0 Å². The number of carbonyl (C=O) groups excluding carboxylic acids is 1. The van der Waals surface area contributed by atoms with Gasteiger partial charge in [0.2, 0.25) is 5.91 Å². The van der Waals surface area contributed by atoms with Crippen LogP contribution in [0.15, 0.2) is 18.2 Å². The van der Waals surface area contributed by atoms with E-state index in [0.29, 0.717) is 19.5 Å². The Hall–Kier alpha value is -1.30. The third-order valence-corrected chi connectivity index (χ3v) is 3.65. The van der Waals surface area contributed by atoms with Gasteiger partial charge in [-0.3, -0.25) is 4.79 Å². The summed E-state index contributed by atoms with van der Waals surface area (Å²) in [7, 11) is 1.60. The van der Waals surface area contributed by atoms with Crippen molar-refractivity contribution >= 4 is 18.3 Å². The molecular formula is C15H23ClN2O3. The van der Waals surface area contributed by atoms with Gasteiger partial charge in [0.15, 0.2) is 0 Å². The van der Waals surface area contributed by atoms with Crippen LogP contribution in [0.5, 0.6) is 5.75 Å². The quantitative estimate of drug-likeness (QED) is 0.747. The lowest BCUT2D eigenvalue weighted by Crippen LogP contribution is -2.35. The zero-order valence-electron chi connectivity index (χ0n) is 12.4. The largest absolute Gasteiger partial charge is 0.496 e. The van der Waals surface area contributed by atoms with E-state index in [1.54, 1.807) is 7.11 Å². The molecule has 1 saturated heterocycles. The number of β-amino-alcohol motifs (C(OH)–C–C–N with tert-alkyl or cyclic N) is 1. The van der Waals surface area contributed by atoms with Gasteiger partial charge in [-0.1, -0.05) is 17.7 Å². The average molecular weight is 315 g/mol. The van der Waals surface area contributed by atoms with Gasteiger partial charge in [-0.05, 0) is 13.0 Å². The minimum Gasteiger partial charge on any atom is -0.496 e. The van der Waals surface area contributed by atoms with Crippen LogP contribution in [-0.2, 0) is 11.2 Å². The summed E-state index contributed by atoms with van der Waals surface area (Å²) in [4.78, 5) is 12.0. The number of aryl methyl sites for hydroxylation is 1. The first kappa shape index (κ1) is 17.8. The summed E-state index contributed by atoms with van der Waals surface area (Å²) in [6.07, 6.45) is -0.0787. The molecule has 0 bridgehead atoms. The van der Waals surface area contributed by atoms with Gasteiger partial charge in [0, 0.05) is 31.1 Å². The molecule has 0 aliphatic carbocycles. The number of hydrogen-bond donors (Lipinski definition) is 3. The highest BCUT2D eigenvalue weighted by Gasteiger charge is 2.25. The first-order chi connectivity index (χ1) is 9.60. The molecule has 21 heavy (non-hydrogen) atoms. The van der Waals surface area contributed by atoms with E-state index in [1.807, 2.05) is 25.1 Å². The van der Waals surface area contributed by atoms with E-state index in [-0.39, 0.29) is 30.3 Å². The van der Waals surface area contributed by atoms with E-state index in [2.05, 4.69) is 10.6 Å². The maximum absolute atomic E-state index is 12.0. The third kappa shape index (κ3) is 4.88. The Morgan fingerprint density at radius 1 is 1.48 bits per heavy atom. The molecule has 1 amide bonds. The van der Waals surface area contributed by atoms with E-state index in [0.717, 1.165) is 23.4 Å². The molecule has 1 fully saturated rings. The maximum atomic E-state index is 12.0. The van der Waals surface area contributed by atoms with Crippen LogP contribution in [0.4, 0.5) is 0 Å². The molecule has 3 N–H and O–H groups in total. The van der Waals surface area contributed by atoms with Crippen molar-refractivity contribution in [3.63, 3.8) is 0 Å². The Morgan fingerprint density at radius 3 is 2.86 bits per heavy atom. The van der Waals surface area contributed by atoms with Crippen LogP contribution in [0.3, 0.4) is 0 Å². The molecule has 2 atom stereocenters. The van der Waals surface area contributed by atoms with Crippen LogP contribution in [0, 0.1) is 12.8 Å². The third-order valence-electron chi connectivity index (χ3n) is 3.65. The second kappa shape index (κ2) is 8.22. The van der Waals surface area contributed by atoms with Crippen LogP contribution in [-0.4, -0.2) is 43.9 Å². The van der Waals surface area contributed by atoms with Crippen molar-refractivity contribution in [1.82, 2.24) is 10.6 Å². The summed E-state index contributed by atoms with van der Waals surface area (Å²) in [5.74, 6) is 0.777. The monoisotopic (exact) mass is 314 g/mol. The maximum Gasteiger partial charge on any atom is 0.224 e. The molecular weight excluding hydrogens is 292 g/mol. The standard InChI is InChI=1S/C15H22N2O3.ClH/c1-10-3-4-14(20-2)11(5-10)6-15(19)17-8-12-7-16-9-13(12)18;/h3-5,12-13,16,18H,6-9H2,1-2H3,(H,17,19);1H. The van der Waals surface area contributed by atoms with Gasteiger partial charge in [-0.25, -0.2) is 0 Å². The zero-order valence-corrected chi connectivity index (χ0v) is 13.2. The van der Waals surface area contributed by atoms with Crippen molar-refractivity contribution in [3.05, 3.63) is 29.3 Å². The molecule has 0 saturated carbocycles.